The molecule has 0 saturated heterocycles. The van der Waals surface area contributed by atoms with Crippen LogP contribution in [-0.2, 0) is 4.79 Å². The van der Waals surface area contributed by atoms with Crippen LogP contribution in [0.3, 0.4) is 0 Å². The molecule has 4 rings (SSSR count). The summed E-state index contributed by atoms with van der Waals surface area (Å²) < 4.78 is 5.40. The number of rotatable bonds is 4. The Bertz CT molecular complexity index is 1040. The second-order valence-corrected chi connectivity index (χ2v) is 6.34. The van der Waals surface area contributed by atoms with Crippen LogP contribution in [0.5, 0.6) is 5.75 Å². The van der Waals surface area contributed by atoms with E-state index in [9.17, 15) is 9.82 Å². The Balaban J connectivity index is 1.62. The average Bonchev–Trinajstić information content (AvgIpc) is 2.68. The van der Waals surface area contributed by atoms with Crippen LogP contribution < -0.4 is 15.7 Å². The molecule has 0 spiro atoms. The van der Waals surface area contributed by atoms with Crippen LogP contribution in [0.1, 0.15) is 17.0 Å². The maximum Gasteiger partial charge on any atom is 0.552 e. The van der Waals surface area contributed by atoms with Crippen LogP contribution in [-0.4, -0.2) is 29.6 Å². The summed E-state index contributed by atoms with van der Waals surface area (Å²) in [5.74, 6) is 1.33. The third kappa shape index (κ3) is 3.42. The fourth-order valence-corrected chi connectivity index (χ4v) is 3.26. The quantitative estimate of drug-likeness (QED) is 0.622. The highest BCUT2D eigenvalue weighted by Gasteiger charge is 2.26. The Labute approximate surface area is 156 Å². The van der Waals surface area contributed by atoms with Crippen molar-refractivity contribution in [2.75, 3.05) is 11.9 Å². The van der Waals surface area contributed by atoms with E-state index in [2.05, 4.69) is 10.3 Å². The molecule has 0 radical (unpaired) electrons. The molecule has 134 valence electrons. The van der Waals surface area contributed by atoms with Gasteiger partial charge in [-0.25, -0.2) is 0 Å². The van der Waals surface area contributed by atoms with Crippen molar-refractivity contribution >= 4 is 35.6 Å². The van der Waals surface area contributed by atoms with E-state index in [4.69, 9.17) is 10.4 Å². The molecule has 1 aliphatic rings. The van der Waals surface area contributed by atoms with Crippen molar-refractivity contribution in [3.63, 3.8) is 0 Å². The molecule has 1 unspecified atom stereocenters. The number of amides is 1. The molecule has 0 aliphatic carbocycles. The first-order valence-corrected chi connectivity index (χ1v) is 8.66. The number of carbonyl (C=O) groups is 1. The van der Waals surface area contributed by atoms with Crippen LogP contribution in [0, 0.1) is 0 Å². The molecule has 1 aliphatic heterocycles. The standard InChI is InChI=1S/C20H18BN3O3/c22-11-18(16-2-1-3-19-17(16)6-8-21(26)27-19)20(25)24-15-5-4-14-12-23-9-7-13(14)10-15/h1-10,12,18,26H,11,22H2,(H,24,25). The third-order valence-electron chi connectivity index (χ3n) is 4.61. The fraction of sp³-hybridized carbons (Fsp3) is 0.100. The Morgan fingerprint density at radius 3 is 3.00 bits per heavy atom. The van der Waals surface area contributed by atoms with E-state index < -0.39 is 13.0 Å². The molecule has 7 heteroatoms. The van der Waals surface area contributed by atoms with Gasteiger partial charge in [-0.15, -0.1) is 0 Å². The van der Waals surface area contributed by atoms with Crippen molar-refractivity contribution < 1.29 is 14.5 Å². The molecule has 0 saturated carbocycles. The van der Waals surface area contributed by atoms with Crippen molar-refractivity contribution in [3.05, 3.63) is 72.0 Å². The first-order chi connectivity index (χ1) is 13.2. The number of fused-ring (bicyclic) bond motifs is 2. The number of nitrogens with zero attached hydrogens (tertiary/aromatic N) is 1. The first kappa shape index (κ1) is 17.3. The van der Waals surface area contributed by atoms with Gasteiger partial charge in [0.25, 0.3) is 0 Å². The van der Waals surface area contributed by atoms with E-state index in [-0.39, 0.29) is 12.5 Å². The summed E-state index contributed by atoms with van der Waals surface area (Å²) in [5.41, 5.74) is 8.15. The summed E-state index contributed by atoms with van der Waals surface area (Å²) in [6.45, 7) is 0.149. The number of pyridine rings is 1. The highest BCUT2D eigenvalue weighted by molar-refractivity contribution is 6.51. The minimum absolute atomic E-state index is 0.149. The van der Waals surface area contributed by atoms with Crippen molar-refractivity contribution in [3.8, 4) is 5.75 Å². The summed E-state index contributed by atoms with van der Waals surface area (Å²) in [5, 5.41) is 14.6. The van der Waals surface area contributed by atoms with Gasteiger partial charge >= 0.3 is 7.12 Å². The van der Waals surface area contributed by atoms with Gasteiger partial charge in [0, 0.05) is 35.6 Å². The highest BCUT2D eigenvalue weighted by atomic mass is 16.5. The zero-order chi connectivity index (χ0) is 18.8. The van der Waals surface area contributed by atoms with Crippen molar-refractivity contribution in [1.29, 1.82) is 0 Å². The number of nitrogens with two attached hydrogens (primary N) is 1. The SMILES string of the molecule is NCC(C(=O)Nc1ccc2cnccc2c1)c1cccc2c1C=CB(O)O2. The molecule has 1 atom stereocenters. The Hall–Kier alpha value is -3.16. The van der Waals surface area contributed by atoms with Crippen LogP contribution in [0.4, 0.5) is 5.69 Å². The van der Waals surface area contributed by atoms with E-state index in [0.29, 0.717) is 11.4 Å². The lowest BCUT2D eigenvalue weighted by atomic mass is 9.83. The smallest absolute Gasteiger partial charge is 0.532 e. The molecule has 3 aromatic rings. The highest BCUT2D eigenvalue weighted by Crippen LogP contribution is 2.32. The molecule has 1 amide bonds. The summed E-state index contributed by atoms with van der Waals surface area (Å²) in [6.07, 6.45) is 5.26. The molecule has 2 aromatic carbocycles. The van der Waals surface area contributed by atoms with Gasteiger partial charge in [-0.2, -0.15) is 0 Å². The van der Waals surface area contributed by atoms with Gasteiger partial charge in [-0.3, -0.25) is 9.78 Å². The van der Waals surface area contributed by atoms with E-state index in [1.807, 2.05) is 30.3 Å². The first-order valence-electron chi connectivity index (χ1n) is 8.66. The van der Waals surface area contributed by atoms with Gasteiger partial charge in [0.2, 0.25) is 5.91 Å². The summed E-state index contributed by atoms with van der Waals surface area (Å²) in [4.78, 5) is 17.0. The minimum atomic E-state index is -0.981. The minimum Gasteiger partial charge on any atom is -0.532 e. The molecular formula is C20H18BN3O3. The maximum atomic E-state index is 12.9. The lowest BCUT2D eigenvalue weighted by Gasteiger charge is -2.22. The molecule has 0 bridgehead atoms. The lowest BCUT2D eigenvalue weighted by Crippen LogP contribution is -2.29. The van der Waals surface area contributed by atoms with Gasteiger partial charge in [0.05, 0.1) is 5.92 Å². The zero-order valence-electron chi connectivity index (χ0n) is 14.5. The predicted octanol–water partition coefficient (Wildman–Crippen LogP) is 2.34. The van der Waals surface area contributed by atoms with Crippen molar-refractivity contribution in [2.45, 2.75) is 5.92 Å². The van der Waals surface area contributed by atoms with Crippen LogP contribution >= 0.6 is 0 Å². The summed E-state index contributed by atoms with van der Waals surface area (Å²) >= 11 is 0. The molecule has 4 N–H and O–H groups in total. The van der Waals surface area contributed by atoms with E-state index >= 15 is 0 Å². The van der Waals surface area contributed by atoms with Gasteiger partial charge in [0.1, 0.15) is 5.75 Å². The Kier molecular flexibility index (Phi) is 4.62. The number of benzene rings is 2. The zero-order valence-corrected chi connectivity index (χ0v) is 14.5. The predicted molar refractivity (Wildman–Crippen MR) is 106 cm³/mol. The summed E-state index contributed by atoms with van der Waals surface area (Å²) in [7, 11) is -0.981. The Morgan fingerprint density at radius 2 is 2.15 bits per heavy atom. The molecule has 1 aromatic heterocycles. The number of hydrogen-bond donors (Lipinski definition) is 3. The number of hydrogen-bond acceptors (Lipinski definition) is 5. The monoisotopic (exact) mass is 359 g/mol. The number of nitrogens with one attached hydrogen (secondary N) is 1. The largest absolute Gasteiger partial charge is 0.552 e. The van der Waals surface area contributed by atoms with Gasteiger partial charge < -0.3 is 20.7 Å². The van der Waals surface area contributed by atoms with Crippen LogP contribution in [0.15, 0.2) is 60.8 Å². The fourth-order valence-electron chi connectivity index (χ4n) is 3.26. The van der Waals surface area contributed by atoms with E-state index in [1.54, 1.807) is 30.6 Å². The van der Waals surface area contributed by atoms with Gasteiger partial charge in [-0.05, 0) is 41.2 Å². The van der Waals surface area contributed by atoms with E-state index in [1.165, 1.54) is 5.98 Å². The lowest BCUT2D eigenvalue weighted by molar-refractivity contribution is -0.117. The third-order valence-corrected chi connectivity index (χ3v) is 4.61. The van der Waals surface area contributed by atoms with Crippen LogP contribution in [0.2, 0.25) is 0 Å². The van der Waals surface area contributed by atoms with Crippen molar-refractivity contribution in [1.82, 2.24) is 4.98 Å². The molecule has 6 nitrogen and oxygen atoms in total. The number of aromatic nitrogens is 1. The van der Waals surface area contributed by atoms with Crippen molar-refractivity contribution in [2.24, 2.45) is 5.73 Å². The Morgan fingerprint density at radius 1 is 1.26 bits per heavy atom. The summed E-state index contributed by atoms with van der Waals surface area (Å²) in [6, 6.07) is 13.0. The molecule has 0 fully saturated rings. The van der Waals surface area contributed by atoms with Gasteiger partial charge in [0.15, 0.2) is 0 Å². The average molecular weight is 359 g/mol. The van der Waals surface area contributed by atoms with E-state index in [0.717, 1.165) is 21.9 Å². The normalized spacial score (nSPS) is 13.8. The maximum absolute atomic E-state index is 12.9. The number of carbonyl (C=O) groups excluding carboxylic acids is 1. The topological polar surface area (TPSA) is 97.5 Å². The molecule has 2 heterocycles. The van der Waals surface area contributed by atoms with Crippen LogP contribution in [0.25, 0.3) is 16.8 Å². The second-order valence-electron chi connectivity index (χ2n) is 6.34. The second kappa shape index (κ2) is 7.22. The number of anilines is 1. The molecular weight excluding hydrogens is 341 g/mol. The molecule has 27 heavy (non-hydrogen) atoms. The van der Waals surface area contributed by atoms with Gasteiger partial charge in [-0.1, -0.05) is 24.3 Å².